The van der Waals surface area contributed by atoms with Gasteiger partial charge in [-0.3, -0.25) is 4.79 Å². The van der Waals surface area contributed by atoms with E-state index in [0.717, 1.165) is 19.3 Å². The van der Waals surface area contributed by atoms with E-state index in [4.69, 9.17) is 14.0 Å². The first kappa shape index (κ1) is 12.6. The first-order chi connectivity index (χ1) is 9.22. The minimum absolute atomic E-state index is 0.104. The molecular weight excluding hydrogens is 248 g/mol. The molecule has 3 rings (SSSR count). The topological polar surface area (TPSA) is 73.6 Å². The van der Waals surface area contributed by atoms with Gasteiger partial charge in [-0.05, 0) is 26.2 Å². The molecule has 1 saturated carbocycles. The molecule has 1 aliphatic carbocycles. The highest BCUT2D eigenvalue weighted by Crippen LogP contribution is 2.26. The molecule has 0 aromatic carbocycles. The van der Waals surface area contributed by atoms with Crippen LogP contribution in [0.5, 0.6) is 0 Å². The summed E-state index contributed by atoms with van der Waals surface area (Å²) < 4.78 is 16.3. The van der Waals surface area contributed by atoms with Gasteiger partial charge in [-0.15, -0.1) is 0 Å². The number of fused-ring (bicyclic) bond motifs is 1. The molecular formula is C13H18N2O4. The number of amides is 1. The van der Waals surface area contributed by atoms with Crippen LogP contribution < -0.4 is 5.32 Å². The van der Waals surface area contributed by atoms with Crippen molar-refractivity contribution in [3.05, 3.63) is 17.5 Å². The lowest BCUT2D eigenvalue weighted by atomic mass is 9.89. The van der Waals surface area contributed by atoms with E-state index in [2.05, 4.69) is 10.5 Å². The van der Waals surface area contributed by atoms with Gasteiger partial charge in [0, 0.05) is 12.1 Å². The minimum atomic E-state index is -0.183. The average Bonchev–Trinajstić information content (AvgIpc) is 2.85. The summed E-state index contributed by atoms with van der Waals surface area (Å²) in [6.45, 7) is 3.09. The Morgan fingerprint density at radius 2 is 2.11 bits per heavy atom. The lowest BCUT2D eigenvalue weighted by Gasteiger charge is -2.38. The van der Waals surface area contributed by atoms with Crippen LogP contribution in [-0.2, 0) is 9.47 Å². The number of nitrogens with one attached hydrogen (secondary N) is 1. The molecule has 1 N–H and O–H groups in total. The quantitative estimate of drug-likeness (QED) is 0.866. The largest absolute Gasteiger partial charge is 0.373 e. The van der Waals surface area contributed by atoms with Crippen LogP contribution in [0.1, 0.15) is 35.5 Å². The van der Waals surface area contributed by atoms with Crippen LogP contribution >= 0.6 is 0 Å². The highest BCUT2D eigenvalue weighted by Gasteiger charge is 2.34. The van der Waals surface area contributed by atoms with Crippen LogP contribution in [0.2, 0.25) is 0 Å². The van der Waals surface area contributed by atoms with E-state index in [1.54, 1.807) is 13.0 Å². The van der Waals surface area contributed by atoms with Crippen molar-refractivity contribution < 1.29 is 18.8 Å². The molecule has 2 heterocycles. The third-order valence-corrected chi connectivity index (χ3v) is 3.67. The molecule has 0 unspecified atom stereocenters. The molecule has 2 fully saturated rings. The summed E-state index contributed by atoms with van der Waals surface area (Å²) in [7, 11) is 0. The van der Waals surface area contributed by atoms with E-state index in [-0.39, 0.29) is 24.2 Å². The standard InChI is InChI=1S/C13H18N2O4/c1-8-6-10(15-19-8)13(16)14-9-2-3-11-12(7-9)18-5-4-17-11/h6,9,11-12H,2-5,7H2,1H3,(H,14,16)/t9-,11+,12+/m1/s1. The molecule has 2 aliphatic rings. The first-order valence-corrected chi connectivity index (χ1v) is 6.70. The van der Waals surface area contributed by atoms with Gasteiger partial charge < -0.3 is 19.3 Å². The smallest absolute Gasteiger partial charge is 0.273 e. The van der Waals surface area contributed by atoms with Crippen molar-refractivity contribution in [2.45, 2.75) is 44.4 Å². The van der Waals surface area contributed by atoms with Crippen molar-refractivity contribution in [1.29, 1.82) is 0 Å². The van der Waals surface area contributed by atoms with Gasteiger partial charge >= 0.3 is 0 Å². The molecule has 0 bridgehead atoms. The molecule has 1 aromatic rings. The Kier molecular flexibility index (Phi) is 3.52. The van der Waals surface area contributed by atoms with Crippen molar-refractivity contribution in [1.82, 2.24) is 10.5 Å². The Morgan fingerprint density at radius 3 is 2.84 bits per heavy atom. The lowest BCUT2D eigenvalue weighted by Crippen LogP contribution is -2.49. The summed E-state index contributed by atoms with van der Waals surface area (Å²) in [5, 5.41) is 6.70. The third-order valence-electron chi connectivity index (χ3n) is 3.67. The van der Waals surface area contributed by atoms with Crippen LogP contribution in [0, 0.1) is 6.92 Å². The summed E-state index contributed by atoms with van der Waals surface area (Å²) in [4.78, 5) is 12.0. The Labute approximate surface area is 111 Å². The van der Waals surface area contributed by atoms with Crippen LogP contribution in [-0.4, -0.2) is 42.5 Å². The maximum absolute atomic E-state index is 12.0. The normalized spacial score (nSPS) is 30.7. The number of ether oxygens (including phenoxy) is 2. The molecule has 6 heteroatoms. The average molecular weight is 266 g/mol. The fraction of sp³-hybridized carbons (Fsp3) is 0.692. The number of rotatable bonds is 2. The molecule has 1 amide bonds. The van der Waals surface area contributed by atoms with Crippen LogP contribution in [0.4, 0.5) is 0 Å². The number of aryl methyl sites for hydroxylation is 1. The highest BCUT2D eigenvalue weighted by atomic mass is 16.6. The molecule has 19 heavy (non-hydrogen) atoms. The predicted molar refractivity (Wildman–Crippen MR) is 65.8 cm³/mol. The monoisotopic (exact) mass is 266 g/mol. The van der Waals surface area contributed by atoms with Crippen molar-refractivity contribution in [3.8, 4) is 0 Å². The molecule has 6 nitrogen and oxygen atoms in total. The third kappa shape index (κ3) is 2.79. The number of nitrogens with zero attached hydrogens (tertiary/aromatic N) is 1. The van der Waals surface area contributed by atoms with Gasteiger partial charge in [-0.1, -0.05) is 5.16 Å². The van der Waals surface area contributed by atoms with Crippen molar-refractivity contribution in [2.75, 3.05) is 13.2 Å². The summed E-state index contributed by atoms with van der Waals surface area (Å²) in [6.07, 6.45) is 2.93. The van der Waals surface area contributed by atoms with E-state index in [1.807, 2.05) is 0 Å². The van der Waals surface area contributed by atoms with Gasteiger partial charge in [-0.25, -0.2) is 0 Å². The van der Waals surface area contributed by atoms with Gasteiger partial charge in [0.15, 0.2) is 5.69 Å². The second-order valence-corrected chi connectivity index (χ2v) is 5.12. The SMILES string of the molecule is Cc1cc(C(=O)N[C@@H]2CC[C@@H]3OCCO[C@H]3C2)no1. The predicted octanol–water partition coefficient (Wildman–Crippen LogP) is 1.05. The number of carbonyl (C=O) groups is 1. The van der Waals surface area contributed by atoms with Crippen LogP contribution in [0.15, 0.2) is 10.6 Å². The Hall–Kier alpha value is -1.40. The molecule has 1 saturated heterocycles. The van der Waals surface area contributed by atoms with Crippen molar-refractivity contribution in [2.24, 2.45) is 0 Å². The summed E-state index contributed by atoms with van der Waals surface area (Å²) >= 11 is 0. The van der Waals surface area contributed by atoms with Crippen LogP contribution in [0.25, 0.3) is 0 Å². The molecule has 1 aliphatic heterocycles. The number of hydrogen-bond acceptors (Lipinski definition) is 5. The fourth-order valence-corrected chi connectivity index (χ4v) is 2.73. The zero-order valence-electron chi connectivity index (χ0n) is 10.9. The molecule has 104 valence electrons. The van der Waals surface area contributed by atoms with Crippen LogP contribution in [0.3, 0.4) is 0 Å². The zero-order valence-corrected chi connectivity index (χ0v) is 10.9. The summed E-state index contributed by atoms with van der Waals surface area (Å²) in [6, 6.07) is 1.76. The molecule has 0 radical (unpaired) electrons. The number of hydrogen-bond donors (Lipinski definition) is 1. The van der Waals surface area contributed by atoms with Gasteiger partial charge in [-0.2, -0.15) is 0 Å². The summed E-state index contributed by atoms with van der Waals surface area (Å²) in [5.74, 6) is 0.454. The van der Waals surface area contributed by atoms with E-state index in [1.165, 1.54) is 0 Å². The van der Waals surface area contributed by atoms with E-state index < -0.39 is 0 Å². The fourth-order valence-electron chi connectivity index (χ4n) is 2.73. The maximum atomic E-state index is 12.0. The lowest BCUT2D eigenvalue weighted by molar-refractivity contribution is -0.157. The second-order valence-electron chi connectivity index (χ2n) is 5.12. The van der Waals surface area contributed by atoms with Gasteiger partial charge in [0.25, 0.3) is 5.91 Å². The number of carbonyl (C=O) groups excluding carboxylic acids is 1. The maximum Gasteiger partial charge on any atom is 0.273 e. The van der Waals surface area contributed by atoms with Gasteiger partial charge in [0.05, 0.1) is 25.4 Å². The van der Waals surface area contributed by atoms with Gasteiger partial charge in [0.2, 0.25) is 0 Å². The minimum Gasteiger partial charge on any atom is -0.373 e. The molecule has 3 atom stereocenters. The Balaban J connectivity index is 1.57. The van der Waals surface area contributed by atoms with Crippen molar-refractivity contribution in [3.63, 3.8) is 0 Å². The van der Waals surface area contributed by atoms with E-state index >= 15 is 0 Å². The highest BCUT2D eigenvalue weighted by molar-refractivity contribution is 5.92. The first-order valence-electron chi connectivity index (χ1n) is 6.70. The van der Waals surface area contributed by atoms with E-state index in [0.29, 0.717) is 24.7 Å². The second kappa shape index (κ2) is 5.30. The van der Waals surface area contributed by atoms with Gasteiger partial charge in [0.1, 0.15) is 5.76 Å². The zero-order chi connectivity index (χ0) is 13.2. The Bertz CT molecular complexity index is 459. The molecule has 1 aromatic heterocycles. The molecule has 0 spiro atoms. The number of aromatic nitrogens is 1. The van der Waals surface area contributed by atoms with Crippen molar-refractivity contribution >= 4 is 5.91 Å². The van der Waals surface area contributed by atoms with E-state index in [9.17, 15) is 4.79 Å². The Morgan fingerprint density at radius 1 is 1.32 bits per heavy atom. The summed E-state index contributed by atoms with van der Waals surface area (Å²) in [5.41, 5.74) is 0.334.